The summed E-state index contributed by atoms with van der Waals surface area (Å²) in [4.78, 5) is 41.2. The minimum Gasteiger partial charge on any atom is -0.445 e. The smallest absolute Gasteiger partial charge is 0.407 e. The van der Waals surface area contributed by atoms with Crippen LogP contribution in [-0.2, 0) is 20.8 Å². The summed E-state index contributed by atoms with van der Waals surface area (Å²) in [6.07, 6.45) is 8.71. The molecule has 0 spiro atoms. The lowest BCUT2D eigenvalue weighted by Crippen LogP contribution is -2.51. The average Bonchev–Trinajstić information content (AvgIpc) is 3.11. The number of piperidine rings is 1. The molecule has 9 nitrogen and oxygen atoms in total. The van der Waals surface area contributed by atoms with Crippen molar-refractivity contribution in [3.05, 3.63) is 92.2 Å². The molecule has 47 heavy (non-hydrogen) atoms. The van der Waals surface area contributed by atoms with Gasteiger partial charge in [-0.2, -0.15) is 0 Å². The van der Waals surface area contributed by atoms with Crippen molar-refractivity contribution in [2.24, 2.45) is 11.8 Å². The van der Waals surface area contributed by atoms with E-state index < -0.39 is 17.0 Å². The molecular formula is C38H51N3O6. The van der Waals surface area contributed by atoms with Crippen LogP contribution in [0.15, 0.2) is 70.3 Å². The molecule has 2 N–H and O–H groups in total. The fourth-order valence-corrected chi connectivity index (χ4v) is 7.24. The van der Waals surface area contributed by atoms with Gasteiger partial charge in [-0.1, -0.05) is 92.8 Å². The van der Waals surface area contributed by atoms with Gasteiger partial charge in [0.15, 0.2) is 0 Å². The third-order valence-corrected chi connectivity index (χ3v) is 9.81. The number of carbonyl (C=O) groups excluding carboxylic acids is 1. The Morgan fingerprint density at radius 2 is 1.64 bits per heavy atom. The molecule has 1 saturated heterocycles. The van der Waals surface area contributed by atoms with E-state index >= 15 is 0 Å². The van der Waals surface area contributed by atoms with Crippen molar-refractivity contribution in [1.82, 2.24) is 5.32 Å². The molecule has 1 saturated carbocycles. The molecule has 3 aromatic rings. The topological polar surface area (TPSA) is 106 Å². The van der Waals surface area contributed by atoms with Gasteiger partial charge in [0.25, 0.3) is 10.9 Å². The molecule has 0 radical (unpaired) electrons. The standard InChI is InChI=1S/C38H51N3O6/c1-27(39-38(44)47-26-29-16-8-4-9-17-29)32(24-28-14-6-3-7-15-28)40-33-34(36(43)35(33)42)41-21-12-20-31(25-41)37(46-23-13-22-45-2)30-18-10-5-11-19-30/h4-5,8-11,16-19,27-28,31-32,37,40H,3,6-7,12-15,20-26H2,1-2H3,(H,39,44)/t27-,31?,32+,37?/m1/s1. The lowest BCUT2D eigenvalue weighted by molar-refractivity contribution is -0.00235. The van der Waals surface area contributed by atoms with E-state index in [1.165, 1.54) is 19.3 Å². The third-order valence-electron chi connectivity index (χ3n) is 9.81. The van der Waals surface area contributed by atoms with Gasteiger partial charge in [-0.3, -0.25) is 9.59 Å². The number of methoxy groups -OCH3 is 1. The Labute approximate surface area is 278 Å². The molecule has 0 aromatic heterocycles. The molecule has 0 bridgehead atoms. The quantitative estimate of drug-likeness (QED) is 0.137. The van der Waals surface area contributed by atoms with Gasteiger partial charge in [-0.15, -0.1) is 0 Å². The number of anilines is 2. The number of rotatable bonds is 16. The van der Waals surface area contributed by atoms with Crippen LogP contribution in [0.5, 0.6) is 0 Å². The average molecular weight is 646 g/mol. The summed E-state index contributed by atoms with van der Waals surface area (Å²) in [6.45, 7) is 4.66. The molecule has 1 amide bonds. The van der Waals surface area contributed by atoms with E-state index in [9.17, 15) is 14.4 Å². The summed E-state index contributed by atoms with van der Waals surface area (Å²) in [5.74, 6) is 0.644. The van der Waals surface area contributed by atoms with Crippen LogP contribution in [0.2, 0.25) is 0 Å². The number of amides is 1. The number of nitrogens with zero attached hydrogens (tertiary/aromatic N) is 1. The molecule has 1 heterocycles. The van der Waals surface area contributed by atoms with Crippen molar-refractivity contribution in [3.8, 4) is 0 Å². The second-order valence-electron chi connectivity index (χ2n) is 13.3. The number of ether oxygens (including phenoxy) is 3. The first kappa shape index (κ1) is 34.6. The van der Waals surface area contributed by atoms with Crippen LogP contribution < -0.4 is 26.4 Å². The van der Waals surface area contributed by atoms with Crippen LogP contribution in [0.1, 0.15) is 81.9 Å². The summed E-state index contributed by atoms with van der Waals surface area (Å²) in [5, 5.41) is 6.48. The highest BCUT2D eigenvalue weighted by atomic mass is 16.5. The highest BCUT2D eigenvalue weighted by Gasteiger charge is 2.35. The Morgan fingerprint density at radius 3 is 2.36 bits per heavy atom. The first-order valence-electron chi connectivity index (χ1n) is 17.4. The largest absolute Gasteiger partial charge is 0.445 e. The zero-order chi connectivity index (χ0) is 33.0. The van der Waals surface area contributed by atoms with Crippen molar-refractivity contribution in [1.29, 1.82) is 0 Å². The van der Waals surface area contributed by atoms with Crippen molar-refractivity contribution in [3.63, 3.8) is 0 Å². The summed E-state index contributed by atoms with van der Waals surface area (Å²) in [5.41, 5.74) is 1.95. The molecule has 2 aliphatic rings. The molecule has 254 valence electrons. The van der Waals surface area contributed by atoms with E-state index in [4.69, 9.17) is 14.2 Å². The lowest BCUT2D eigenvalue weighted by atomic mass is 9.83. The summed E-state index contributed by atoms with van der Waals surface area (Å²) in [6, 6.07) is 19.3. The van der Waals surface area contributed by atoms with E-state index in [1.54, 1.807) is 7.11 Å². The van der Waals surface area contributed by atoms with Crippen LogP contribution in [-0.4, -0.2) is 51.6 Å². The molecule has 2 unspecified atom stereocenters. The van der Waals surface area contributed by atoms with Gasteiger partial charge >= 0.3 is 6.09 Å². The van der Waals surface area contributed by atoms with Crippen LogP contribution in [0.25, 0.3) is 0 Å². The summed E-state index contributed by atoms with van der Waals surface area (Å²) < 4.78 is 17.2. The molecule has 9 heteroatoms. The molecule has 5 rings (SSSR count). The second-order valence-corrected chi connectivity index (χ2v) is 13.3. The Bertz CT molecular complexity index is 1450. The predicted molar refractivity (Wildman–Crippen MR) is 186 cm³/mol. The van der Waals surface area contributed by atoms with Gasteiger partial charge in [-0.05, 0) is 49.7 Å². The van der Waals surface area contributed by atoms with Gasteiger partial charge in [0.1, 0.15) is 18.0 Å². The lowest BCUT2D eigenvalue weighted by Gasteiger charge is -2.40. The summed E-state index contributed by atoms with van der Waals surface area (Å²) in [7, 11) is 1.69. The van der Waals surface area contributed by atoms with E-state index in [-0.39, 0.29) is 30.7 Å². The number of hydrogen-bond acceptors (Lipinski definition) is 8. The fraction of sp³-hybridized carbons (Fsp3) is 0.553. The number of nitrogens with one attached hydrogen (secondary N) is 2. The fourth-order valence-electron chi connectivity index (χ4n) is 7.24. The maximum absolute atomic E-state index is 13.2. The number of alkyl carbamates (subject to hydrolysis) is 1. The predicted octanol–water partition coefficient (Wildman–Crippen LogP) is 6.36. The van der Waals surface area contributed by atoms with Gasteiger partial charge in [0.2, 0.25) is 0 Å². The third kappa shape index (κ3) is 9.45. The minimum atomic E-state index is -0.502. The zero-order valence-corrected chi connectivity index (χ0v) is 28.0. The Kier molecular flexibility index (Phi) is 12.9. The van der Waals surface area contributed by atoms with Gasteiger partial charge in [-0.25, -0.2) is 4.79 Å². The van der Waals surface area contributed by atoms with Crippen molar-refractivity contribution in [2.45, 2.75) is 89.5 Å². The maximum Gasteiger partial charge on any atom is 0.407 e. The van der Waals surface area contributed by atoms with Gasteiger partial charge < -0.3 is 29.7 Å². The normalized spacial score (nSPS) is 19.2. The molecule has 2 fully saturated rings. The van der Waals surface area contributed by atoms with Crippen LogP contribution in [0.4, 0.5) is 16.2 Å². The molecule has 1 aliphatic carbocycles. The number of carbonyl (C=O) groups is 1. The number of benzene rings is 2. The van der Waals surface area contributed by atoms with E-state index in [1.807, 2.05) is 55.5 Å². The Hall–Kier alpha value is -3.69. The molecule has 3 aromatic carbocycles. The van der Waals surface area contributed by atoms with Gasteiger partial charge in [0, 0.05) is 51.4 Å². The molecule has 1 aliphatic heterocycles. The first-order valence-corrected chi connectivity index (χ1v) is 17.4. The van der Waals surface area contributed by atoms with E-state index in [0.29, 0.717) is 43.6 Å². The van der Waals surface area contributed by atoms with Crippen LogP contribution in [0, 0.1) is 11.8 Å². The molecular weight excluding hydrogens is 594 g/mol. The highest BCUT2D eigenvalue weighted by Crippen LogP contribution is 2.36. The van der Waals surface area contributed by atoms with Crippen molar-refractivity contribution >= 4 is 17.5 Å². The van der Waals surface area contributed by atoms with Gasteiger partial charge in [0.05, 0.1) is 6.10 Å². The monoisotopic (exact) mass is 645 g/mol. The number of hydrogen-bond donors (Lipinski definition) is 2. The SMILES string of the molecule is COCCCOC(c1ccccc1)C1CCCN(c2c(N[C@@H](CC3CCCCC3)[C@@H](C)NC(=O)OCc3ccccc3)c(=O)c2=O)C1. The Balaban J connectivity index is 1.30. The van der Waals surface area contributed by atoms with Crippen LogP contribution in [0.3, 0.4) is 0 Å². The van der Waals surface area contributed by atoms with E-state index in [0.717, 1.165) is 49.7 Å². The van der Waals surface area contributed by atoms with E-state index in [2.05, 4.69) is 27.7 Å². The summed E-state index contributed by atoms with van der Waals surface area (Å²) >= 11 is 0. The van der Waals surface area contributed by atoms with Crippen LogP contribution >= 0.6 is 0 Å². The first-order chi connectivity index (χ1) is 22.9. The minimum absolute atomic E-state index is 0.121. The van der Waals surface area contributed by atoms with Crippen molar-refractivity contribution in [2.75, 3.05) is 43.6 Å². The highest BCUT2D eigenvalue weighted by molar-refractivity contribution is 5.76. The van der Waals surface area contributed by atoms with Crippen molar-refractivity contribution < 1.29 is 19.0 Å². The Morgan fingerprint density at radius 1 is 0.915 bits per heavy atom. The zero-order valence-electron chi connectivity index (χ0n) is 28.0. The second kappa shape index (κ2) is 17.5. The maximum atomic E-state index is 13.2. The molecule has 4 atom stereocenters.